The van der Waals surface area contributed by atoms with Gasteiger partial charge < -0.3 is 4.74 Å². The molecule has 1 aliphatic carbocycles. The summed E-state index contributed by atoms with van der Waals surface area (Å²) in [6.07, 6.45) is 3.39. The molecule has 1 aromatic carbocycles. The minimum absolute atomic E-state index is 0.326. The monoisotopic (exact) mass is 240 g/mol. The van der Waals surface area contributed by atoms with Crippen LogP contribution < -0.4 is 16.0 Å². The predicted octanol–water partition coefficient (Wildman–Crippen LogP) is 2.13. The molecule has 0 amide bonds. The van der Waals surface area contributed by atoms with Crippen LogP contribution >= 0.6 is 11.6 Å². The zero-order valence-electron chi connectivity index (χ0n) is 9.37. The summed E-state index contributed by atoms with van der Waals surface area (Å²) in [4.78, 5) is 0. The summed E-state index contributed by atoms with van der Waals surface area (Å²) in [6.45, 7) is 0. The van der Waals surface area contributed by atoms with Gasteiger partial charge in [0.2, 0.25) is 0 Å². The molecule has 0 radical (unpaired) electrons. The van der Waals surface area contributed by atoms with Gasteiger partial charge in [0.25, 0.3) is 0 Å². The van der Waals surface area contributed by atoms with Gasteiger partial charge in [-0.1, -0.05) is 11.6 Å². The molecule has 0 aromatic heterocycles. The van der Waals surface area contributed by atoms with Crippen molar-refractivity contribution in [3.63, 3.8) is 0 Å². The Labute approximate surface area is 101 Å². The molecule has 1 fully saturated rings. The fourth-order valence-electron chi connectivity index (χ4n) is 2.00. The quantitative estimate of drug-likeness (QED) is 0.612. The van der Waals surface area contributed by atoms with E-state index >= 15 is 0 Å². The van der Waals surface area contributed by atoms with Gasteiger partial charge >= 0.3 is 0 Å². The van der Waals surface area contributed by atoms with Crippen LogP contribution in [-0.2, 0) is 6.42 Å². The number of nitrogens with one attached hydrogen (secondary N) is 1. The molecular formula is C12H17ClN2O. The normalized spacial score (nSPS) is 17.2. The van der Waals surface area contributed by atoms with Crippen molar-refractivity contribution >= 4 is 11.6 Å². The molecule has 1 aliphatic rings. The lowest BCUT2D eigenvalue weighted by Crippen LogP contribution is -2.38. The van der Waals surface area contributed by atoms with E-state index in [1.807, 2.05) is 18.2 Å². The Morgan fingerprint density at radius 1 is 1.56 bits per heavy atom. The Hall–Kier alpha value is -0.770. The lowest BCUT2D eigenvalue weighted by Gasteiger charge is -2.17. The van der Waals surface area contributed by atoms with E-state index in [0.717, 1.165) is 22.8 Å². The van der Waals surface area contributed by atoms with Gasteiger partial charge in [0, 0.05) is 11.1 Å². The van der Waals surface area contributed by atoms with Crippen LogP contribution in [-0.4, -0.2) is 13.2 Å². The molecule has 3 nitrogen and oxygen atoms in total. The Kier molecular flexibility index (Phi) is 3.69. The van der Waals surface area contributed by atoms with Gasteiger partial charge in [0.15, 0.2) is 0 Å². The minimum Gasteiger partial charge on any atom is -0.496 e. The SMILES string of the molecule is COc1ccc(Cl)cc1CC(NN)C1CC1. The molecular weight excluding hydrogens is 224 g/mol. The summed E-state index contributed by atoms with van der Waals surface area (Å²) in [6, 6.07) is 6.02. The van der Waals surface area contributed by atoms with E-state index in [1.165, 1.54) is 12.8 Å². The molecule has 1 saturated carbocycles. The average Bonchev–Trinajstić information content (AvgIpc) is 3.10. The number of hydrogen-bond donors (Lipinski definition) is 2. The third kappa shape index (κ3) is 2.67. The third-order valence-electron chi connectivity index (χ3n) is 3.09. The molecule has 16 heavy (non-hydrogen) atoms. The second-order valence-electron chi connectivity index (χ2n) is 4.27. The molecule has 3 N–H and O–H groups in total. The summed E-state index contributed by atoms with van der Waals surface area (Å²) >= 11 is 5.99. The van der Waals surface area contributed by atoms with Gasteiger partial charge in [-0.2, -0.15) is 0 Å². The highest BCUT2D eigenvalue weighted by atomic mass is 35.5. The van der Waals surface area contributed by atoms with Crippen LogP contribution in [0.4, 0.5) is 0 Å². The van der Waals surface area contributed by atoms with Gasteiger partial charge in [-0.15, -0.1) is 0 Å². The van der Waals surface area contributed by atoms with Crippen LogP contribution in [0.15, 0.2) is 18.2 Å². The van der Waals surface area contributed by atoms with E-state index in [4.69, 9.17) is 22.2 Å². The standard InChI is InChI=1S/C12H17ClN2O/c1-16-12-5-4-10(13)6-9(12)7-11(15-14)8-2-3-8/h4-6,8,11,15H,2-3,7,14H2,1H3. The van der Waals surface area contributed by atoms with Crippen molar-refractivity contribution in [2.75, 3.05) is 7.11 Å². The fraction of sp³-hybridized carbons (Fsp3) is 0.500. The van der Waals surface area contributed by atoms with Crippen molar-refractivity contribution in [3.05, 3.63) is 28.8 Å². The molecule has 4 heteroatoms. The third-order valence-corrected chi connectivity index (χ3v) is 3.32. The summed E-state index contributed by atoms with van der Waals surface area (Å²) < 4.78 is 5.32. The largest absolute Gasteiger partial charge is 0.496 e. The maximum atomic E-state index is 5.99. The van der Waals surface area contributed by atoms with E-state index in [9.17, 15) is 0 Å². The first-order valence-electron chi connectivity index (χ1n) is 5.53. The number of ether oxygens (including phenoxy) is 1. The number of rotatable bonds is 5. The van der Waals surface area contributed by atoms with Gasteiger partial charge in [-0.05, 0) is 48.9 Å². The molecule has 2 rings (SSSR count). The van der Waals surface area contributed by atoms with E-state index in [2.05, 4.69) is 5.43 Å². The van der Waals surface area contributed by atoms with Crippen LogP contribution in [0.3, 0.4) is 0 Å². The summed E-state index contributed by atoms with van der Waals surface area (Å²) in [5, 5.41) is 0.738. The Morgan fingerprint density at radius 2 is 2.31 bits per heavy atom. The summed E-state index contributed by atoms with van der Waals surface area (Å²) in [7, 11) is 1.68. The maximum Gasteiger partial charge on any atom is 0.122 e. The summed E-state index contributed by atoms with van der Waals surface area (Å²) in [5.74, 6) is 7.15. The predicted molar refractivity (Wildman–Crippen MR) is 65.5 cm³/mol. The van der Waals surface area contributed by atoms with E-state index in [0.29, 0.717) is 12.0 Å². The molecule has 0 aliphatic heterocycles. The first-order valence-corrected chi connectivity index (χ1v) is 5.91. The lowest BCUT2D eigenvalue weighted by atomic mass is 10.0. The smallest absolute Gasteiger partial charge is 0.122 e. The van der Waals surface area contributed by atoms with Crippen molar-refractivity contribution in [1.82, 2.24) is 5.43 Å². The van der Waals surface area contributed by atoms with Gasteiger partial charge in [-0.25, -0.2) is 0 Å². The molecule has 0 bridgehead atoms. The lowest BCUT2D eigenvalue weighted by molar-refractivity contribution is 0.401. The van der Waals surface area contributed by atoms with Crippen molar-refractivity contribution in [2.24, 2.45) is 11.8 Å². The number of nitrogens with two attached hydrogens (primary N) is 1. The van der Waals surface area contributed by atoms with Crippen LogP contribution in [0, 0.1) is 5.92 Å². The number of hydrogen-bond acceptors (Lipinski definition) is 3. The number of hydrazine groups is 1. The van der Waals surface area contributed by atoms with Crippen LogP contribution in [0.25, 0.3) is 0 Å². The second kappa shape index (κ2) is 5.04. The van der Waals surface area contributed by atoms with E-state index in [-0.39, 0.29) is 0 Å². The highest BCUT2D eigenvalue weighted by molar-refractivity contribution is 6.30. The van der Waals surface area contributed by atoms with E-state index in [1.54, 1.807) is 7.11 Å². The molecule has 0 spiro atoms. The molecule has 0 heterocycles. The fourth-order valence-corrected chi connectivity index (χ4v) is 2.20. The molecule has 1 unspecified atom stereocenters. The summed E-state index contributed by atoms with van der Waals surface area (Å²) in [5.41, 5.74) is 4.00. The van der Waals surface area contributed by atoms with Crippen molar-refractivity contribution in [2.45, 2.75) is 25.3 Å². The van der Waals surface area contributed by atoms with E-state index < -0.39 is 0 Å². The molecule has 0 saturated heterocycles. The highest BCUT2D eigenvalue weighted by Gasteiger charge is 2.30. The zero-order valence-corrected chi connectivity index (χ0v) is 10.1. The van der Waals surface area contributed by atoms with Crippen molar-refractivity contribution in [1.29, 1.82) is 0 Å². The molecule has 1 aromatic rings. The number of methoxy groups -OCH3 is 1. The van der Waals surface area contributed by atoms with Gasteiger partial charge in [0.05, 0.1) is 7.11 Å². The Bertz CT molecular complexity index is 366. The molecule has 1 atom stereocenters. The zero-order chi connectivity index (χ0) is 11.5. The number of halogens is 1. The number of benzene rings is 1. The average molecular weight is 241 g/mol. The highest BCUT2D eigenvalue weighted by Crippen LogP contribution is 2.35. The topological polar surface area (TPSA) is 47.3 Å². The minimum atomic E-state index is 0.326. The molecule has 88 valence electrons. The van der Waals surface area contributed by atoms with Crippen molar-refractivity contribution < 1.29 is 4.74 Å². The Morgan fingerprint density at radius 3 is 2.88 bits per heavy atom. The first kappa shape index (κ1) is 11.7. The maximum absolute atomic E-state index is 5.99. The van der Waals surface area contributed by atoms with Crippen molar-refractivity contribution in [3.8, 4) is 5.75 Å². The van der Waals surface area contributed by atoms with Gasteiger partial charge in [-0.3, -0.25) is 11.3 Å². The van der Waals surface area contributed by atoms with Crippen LogP contribution in [0.2, 0.25) is 5.02 Å². The van der Waals surface area contributed by atoms with Crippen LogP contribution in [0.1, 0.15) is 18.4 Å². The Balaban J connectivity index is 2.14. The first-order chi connectivity index (χ1) is 7.74. The van der Waals surface area contributed by atoms with Crippen LogP contribution in [0.5, 0.6) is 5.75 Å². The van der Waals surface area contributed by atoms with Gasteiger partial charge in [0.1, 0.15) is 5.75 Å². The second-order valence-corrected chi connectivity index (χ2v) is 4.71.